The molecular weight excluding hydrogens is 375 g/mol. The minimum absolute atomic E-state index is 0.252. The molecule has 2 saturated heterocycles. The smallest absolute Gasteiger partial charge is 0.183 e. The Morgan fingerprint density at radius 1 is 1.17 bits per heavy atom. The van der Waals surface area contributed by atoms with E-state index in [0.29, 0.717) is 12.2 Å². The summed E-state index contributed by atoms with van der Waals surface area (Å²) in [4.78, 5) is 3.76. The molecule has 0 saturated carbocycles. The van der Waals surface area contributed by atoms with E-state index < -0.39 is 24.5 Å². The Hall–Kier alpha value is -2.65. The van der Waals surface area contributed by atoms with Crippen LogP contribution >= 0.6 is 0 Å². The molecule has 0 amide bonds. The lowest BCUT2D eigenvalue weighted by Crippen LogP contribution is -2.57. The average molecular weight is 396 g/mol. The number of halogens is 1. The van der Waals surface area contributed by atoms with Crippen molar-refractivity contribution < 1.29 is 19.0 Å². The molecular formula is C21H21FN4O3. The molecule has 2 aromatic heterocycles. The van der Waals surface area contributed by atoms with Gasteiger partial charge in [0.2, 0.25) is 0 Å². The van der Waals surface area contributed by atoms with Gasteiger partial charge >= 0.3 is 0 Å². The third kappa shape index (κ3) is 3.44. The van der Waals surface area contributed by atoms with Crippen molar-refractivity contribution in [3.8, 4) is 11.1 Å². The van der Waals surface area contributed by atoms with Crippen LogP contribution < -0.4 is 5.32 Å². The summed E-state index contributed by atoms with van der Waals surface area (Å²) in [5.41, 5.74) is 2.47. The van der Waals surface area contributed by atoms with Crippen LogP contribution in [0, 0.1) is 5.82 Å². The first-order chi connectivity index (χ1) is 14.2. The Kier molecular flexibility index (Phi) is 4.84. The second-order valence-electron chi connectivity index (χ2n) is 7.31. The summed E-state index contributed by atoms with van der Waals surface area (Å²) in [6, 6.07) is 10.6. The molecule has 8 heteroatoms. The lowest BCUT2D eigenvalue weighted by molar-refractivity contribution is -0.168. The SMILES string of the molecule is OC1C(NCc2ccncc2F)C2COC(O2)C1n1cc(-c2ccccc2)cn1. The van der Waals surface area contributed by atoms with E-state index in [1.807, 2.05) is 36.5 Å². The topological polar surface area (TPSA) is 81.4 Å². The summed E-state index contributed by atoms with van der Waals surface area (Å²) < 4.78 is 27.3. The molecule has 2 aliphatic heterocycles. The van der Waals surface area contributed by atoms with E-state index in [4.69, 9.17) is 9.47 Å². The number of benzene rings is 1. The lowest BCUT2D eigenvalue weighted by atomic mass is 9.96. The number of nitrogens with one attached hydrogen (secondary N) is 1. The van der Waals surface area contributed by atoms with Gasteiger partial charge < -0.3 is 19.9 Å². The molecule has 0 spiro atoms. The first kappa shape index (κ1) is 18.4. The standard InChI is InChI=1S/C21H21FN4O3/c22-16-10-23-7-6-14(16)8-24-18-17-12-28-21(29-17)19(20(18)27)26-11-15(9-25-26)13-4-2-1-3-5-13/h1-7,9-11,17-21,24,27H,8,12H2. The third-order valence-electron chi connectivity index (χ3n) is 5.53. The zero-order valence-electron chi connectivity index (χ0n) is 15.6. The van der Waals surface area contributed by atoms with Crippen LogP contribution in [0.4, 0.5) is 4.39 Å². The second kappa shape index (κ2) is 7.64. The molecule has 5 atom stereocenters. The number of ether oxygens (including phenoxy) is 2. The van der Waals surface area contributed by atoms with Crippen LogP contribution in [0.1, 0.15) is 11.6 Å². The van der Waals surface area contributed by atoms with Gasteiger partial charge in [-0.25, -0.2) is 4.39 Å². The predicted molar refractivity (Wildman–Crippen MR) is 102 cm³/mol. The fourth-order valence-corrected chi connectivity index (χ4v) is 3.99. The number of rotatable bonds is 5. The van der Waals surface area contributed by atoms with Crippen molar-refractivity contribution in [2.75, 3.05) is 6.61 Å². The van der Waals surface area contributed by atoms with E-state index in [2.05, 4.69) is 15.4 Å². The summed E-state index contributed by atoms with van der Waals surface area (Å²) in [7, 11) is 0. The van der Waals surface area contributed by atoms with Crippen LogP contribution in [0.2, 0.25) is 0 Å². The maximum atomic E-state index is 13.9. The lowest BCUT2D eigenvalue weighted by Gasteiger charge is -2.38. The van der Waals surface area contributed by atoms with Crippen LogP contribution in [0.3, 0.4) is 0 Å². The number of nitrogens with zero attached hydrogens (tertiary/aromatic N) is 3. The van der Waals surface area contributed by atoms with E-state index in [-0.39, 0.29) is 18.5 Å². The number of aliphatic hydroxyl groups is 1. The van der Waals surface area contributed by atoms with Crippen LogP contribution in [0.5, 0.6) is 0 Å². The summed E-state index contributed by atoms with van der Waals surface area (Å²) in [5.74, 6) is -0.386. The Morgan fingerprint density at radius 3 is 2.86 bits per heavy atom. The molecule has 2 N–H and O–H groups in total. The quantitative estimate of drug-likeness (QED) is 0.686. The fourth-order valence-electron chi connectivity index (χ4n) is 3.99. The second-order valence-corrected chi connectivity index (χ2v) is 7.31. The van der Waals surface area contributed by atoms with Crippen molar-refractivity contribution in [2.45, 2.75) is 37.1 Å². The van der Waals surface area contributed by atoms with E-state index in [0.717, 1.165) is 11.1 Å². The van der Waals surface area contributed by atoms with Gasteiger partial charge in [0.05, 0.1) is 31.1 Å². The van der Waals surface area contributed by atoms with Gasteiger partial charge in [-0.2, -0.15) is 5.10 Å². The highest BCUT2D eigenvalue weighted by Gasteiger charge is 2.51. The number of pyridine rings is 1. The molecule has 150 valence electrons. The van der Waals surface area contributed by atoms with Crippen molar-refractivity contribution in [1.29, 1.82) is 0 Å². The number of hydrogen-bond acceptors (Lipinski definition) is 6. The Bertz CT molecular complexity index is 983. The van der Waals surface area contributed by atoms with Crippen molar-refractivity contribution in [3.63, 3.8) is 0 Å². The summed E-state index contributed by atoms with van der Waals surface area (Å²) >= 11 is 0. The molecule has 2 fully saturated rings. The van der Waals surface area contributed by atoms with Gasteiger partial charge in [-0.05, 0) is 11.6 Å². The van der Waals surface area contributed by atoms with Gasteiger partial charge in [0.15, 0.2) is 6.29 Å². The number of aliphatic hydroxyl groups excluding tert-OH is 1. The van der Waals surface area contributed by atoms with Crippen molar-refractivity contribution in [3.05, 3.63) is 72.6 Å². The number of fused-ring (bicyclic) bond motifs is 2. The van der Waals surface area contributed by atoms with Gasteiger partial charge in [0.1, 0.15) is 18.0 Å². The Morgan fingerprint density at radius 2 is 2.03 bits per heavy atom. The summed E-state index contributed by atoms with van der Waals surface area (Å²) in [5, 5.41) is 18.8. The van der Waals surface area contributed by atoms with Gasteiger partial charge in [-0.15, -0.1) is 0 Å². The molecule has 0 radical (unpaired) electrons. The highest BCUT2D eigenvalue weighted by atomic mass is 19.1. The molecule has 4 heterocycles. The molecule has 29 heavy (non-hydrogen) atoms. The maximum absolute atomic E-state index is 13.9. The maximum Gasteiger partial charge on any atom is 0.183 e. The van der Waals surface area contributed by atoms with Gasteiger partial charge in [-0.3, -0.25) is 9.67 Å². The molecule has 2 aliphatic rings. The van der Waals surface area contributed by atoms with E-state index >= 15 is 0 Å². The normalized spacial score (nSPS) is 28.6. The summed E-state index contributed by atoms with van der Waals surface area (Å²) in [6.07, 6.45) is 4.67. The van der Waals surface area contributed by atoms with Crippen molar-refractivity contribution in [2.24, 2.45) is 0 Å². The minimum atomic E-state index is -0.810. The molecule has 7 nitrogen and oxygen atoms in total. The van der Waals surface area contributed by atoms with Gasteiger partial charge in [0, 0.05) is 30.1 Å². The largest absolute Gasteiger partial charge is 0.389 e. The van der Waals surface area contributed by atoms with Crippen molar-refractivity contribution >= 4 is 0 Å². The number of aromatic nitrogens is 3. The first-order valence-electron chi connectivity index (χ1n) is 9.57. The molecule has 2 bridgehead atoms. The molecule has 5 unspecified atom stereocenters. The minimum Gasteiger partial charge on any atom is -0.389 e. The van der Waals surface area contributed by atoms with Crippen molar-refractivity contribution in [1.82, 2.24) is 20.1 Å². The highest BCUT2D eigenvalue weighted by molar-refractivity contribution is 5.61. The van der Waals surface area contributed by atoms with Gasteiger partial charge in [-0.1, -0.05) is 30.3 Å². The summed E-state index contributed by atoms with van der Waals surface area (Å²) in [6.45, 7) is 0.614. The van der Waals surface area contributed by atoms with Gasteiger partial charge in [0.25, 0.3) is 0 Å². The van der Waals surface area contributed by atoms with Crippen LogP contribution in [-0.4, -0.2) is 51.0 Å². The molecule has 5 rings (SSSR count). The third-order valence-corrected chi connectivity index (χ3v) is 5.53. The predicted octanol–water partition coefficient (Wildman–Crippen LogP) is 1.90. The zero-order chi connectivity index (χ0) is 19.8. The monoisotopic (exact) mass is 396 g/mol. The van der Waals surface area contributed by atoms with Crippen LogP contribution in [0.25, 0.3) is 11.1 Å². The molecule has 3 aromatic rings. The molecule has 0 aliphatic carbocycles. The fraction of sp³-hybridized carbons (Fsp3) is 0.333. The Labute approximate surface area is 167 Å². The van der Waals surface area contributed by atoms with E-state index in [1.165, 1.54) is 6.20 Å². The molecule has 1 aromatic carbocycles. The average Bonchev–Trinajstić information content (AvgIpc) is 3.39. The highest BCUT2D eigenvalue weighted by Crippen LogP contribution is 2.36. The van der Waals surface area contributed by atoms with Crippen LogP contribution in [-0.2, 0) is 16.0 Å². The zero-order valence-corrected chi connectivity index (χ0v) is 15.6. The van der Waals surface area contributed by atoms with E-state index in [9.17, 15) is 9.50 Å². The van der Waals surface area contributed by atoms with Crippen LogP contribution in [0.15, 0.2) is 61.2 Å². The number of hydrogen-bond donors (Lipinski definition) is 2. The Balaban J connectivity index is 1.37. The first-order valence-corrected chi connectivity index (χ1v) is 9.57. The van der Waals surface area contributed by atoms with E-state index in [1.54, 1.807) is 23.1 Å².